The lowest BCUT2D eigenvalue weighted by atomic mass is 9.78. The van der Waals surface area contributed by atoms with Crippen molar-refractivity contribution in [3.8, 4) is 0 Å². The summed E-state index contributed by atoms with van der Waals surface area (Å²) >= 11 is 0. The van der Waals surface area contributed by atoms with Crippen LogP contribution < -0.4 is 5.73 Å². The number of hydrogen-bond donors (Lipinski definition) is 1. The van der Waals surface area contributed by atoms with Crippen LogP contribution in [0.1, 0.15) is 33.1 Å². The van der Waals surface area contributed by atoms with Crippen LogP contribution in [0.15, 0.2) is 0 Å². The number of hydrogen-bond acceptors (Lipinski definition) is 3. The maximum absolute atomic E-state index is 5.98. The Balaban J connectivity index is 1.98. The van der Waals surface area contributed by atoms with E-state index in [1.165, 1.54) is 38.9 Å². The normalized spacial score (nSPS) is 30.0. The number of piperazine rings is 1. The van der Waals surface area contributed by atoms with Crippen molar-refractivity contribution < 1.29 is 0 Å². The predicted octanol–water partition coefficient (Wildman–Crippen LogP) is 1.14. The molecule has 0 aromatic rings. The van der Waals surface area contributed by atoms with E-state index in [4.69, 9.17) is 5.73 Å². The van der Waals surface area contributed by atoms with Crippen molar-refractivity contribution in [2.45, 2.75) is 44.7 Å². The first kappa shape index (κ1) is 12.3. The van der Waals surface area contributed by atoms with Crippen LogP contribution in [-0.2, 0) is 0 Å². The Kier molecular flexibility index (Phi) is 3.57. The number of rotatable bonds is 3. The SMILES string of the molecule is CN1CCN(C(CN)C2CCC2)CC1(C)C. The fourth-order valence-corrected chi connectivity index (χ4v) is 3.03. The molecule has 0 spiro atoms. The summed E-state index contributed by atoms with van der Waals surface area (Å²) in [6, 6.07) is 0.640. The zero-order valence-electron chi connectivity index (χ0n) is 11.1. The topological polar surface area (TPSA) is 32.5 Å². The van der Waals surface area contributed by atoms with Gasteiger partial charge in [0.15, 0.2) is 0 Å². The first-order valence-corrected chi connectivity index (χ1v) is 6.70. The minimum Gasteiger partial charge on any atom is -0.329 e. The van der Waals surface area contributed by atoms with Gasteiger partial charge >= 0.3 is 0 Å². The summed E-state index contributed by atoms with van der Waals surface area (Å²) in [7, 11) is 2.23. The van der Waals surface area contributed by atoms with E-state index in [9.17, 15) is 0 Å². The molecule has 16 heavy (non-hydrogen) atoms. The molecule has 1 saturated heterocycles. The third-order valence-corrected chi connectivity index (χ3v) is 4.75. The van der Waals surface area contributed by atoms with E-state index in [1.54, 1.807) is 0 Å². The van der Waals surface area contributed by atoms with Crippen LogP contribution in [0.3, 0.4) is 0 Å². The molecule has 0 bridgehead atoms. The van der Waals surface area contributed by atoms with E-state index in [-0.39, 0.29) is 0 Å². The number of nitrogens with zero attached hydrogens (tertiary/aromatic N) is 2. The van der Waals surface area contributed by atoms with Gasteiger partial charge in [-0.15, -0.1) is 0 Å². The fourth-order valence-electron chi connectivity index (χ4n) is 3.03. The maximum Gasteiger partial charge on any atom is 0.0277 e. The molecule has 2 fully saturated rings. The van der Waals surface area contributed by atoms with Gasteiger partial charge in [-0.05, 0) is 39.7 Å². The summed E-state index contributed by atoms with van der Waals surface area (Å²) < 4.78 is 0. The largest absolute Gasteiger partial charge is 0.329 e. The summed E-state index contributed by atoms with van der Waals surface area (Å²) in [5.74, 6) is 0.879. The van der Waals surface area contributed by atoms with Crippen LogP contribution in [0, 0.1) is 5.92 Å². The molecule has 2 N–H and O–H groups in total. The minimum absolute atomic E-state index is 0.301. The van der Waals surface area contributed by atoms with E-state index in [2.05, 4.69) is 30.7 Å². The molecule has 2 aliphatic rings. The Labute approximate surface area is 100.0 Å². The van der Waals surface area contributed by atoms with Crippen molar-refractivity contribution >= 4 is 0 Å². The standard InChI is InChI=1S/C13H27N3/c1-13(2)10-16(8-7-15(13)3)12(9-14)11-5-4-6-11/h11-12H,4-10,14H2,1-3H3. The number of likely N-dealkylation sites (N-methyl/N-ethyl adjacent to an activating group) is 1. The Morgan fingerprint density at radius 1 is 1.31 bits per heavy atom. The molecule has 2 rings (SSSR count). The lowest BCUT2D eigenvalue weighted by Crippen LogP contribution is -2.62. The van der Waals surface area contributed by atoms with Crippen molar-refractivity contribution in [3.05, 3.63) is 0 Å². The Hall–Kier alpha value is -0.120. The molecule has 1 atom stereocenters. The highest BCUT2D eigenvalue weighted by Gasteiger charge is 2.37. The summed E-state index contributed by atoms with van der Waals surface area (Å²) in [6.45, 7) is 9.06. The Bertz CT molecular complexity index is 235. The van der Waals surface area contributed by atoms with E-state index in [1.807, 2.05) is 0 Å². The first-order chi connectivity index (χ1) is 7.54. The third kappa shape index (κ3) is 2.27. The van der Waals surface area contributed by atoms with E-state index >= 15 is 0 Å². The lowest BCUT2D eigenvalue weighted by Gasteiger charge is -2.50. The highest BCUT2D eigenvalue weighted by molar-refractivity contribution is 4.94. The molecule has 1 heterocycles. The van der Waals surface area contributed by atoms with Crippen molar-refractivity contribution in [1.29, 1.82) is 0 Å². The second kappa shape index (κ2) is 4.63. The van der Waals surface area contributed by atoms with Gasteiger partial charge in [-0.3, -0.25) is 9.80 Å². The smallest absolute Gasteiger partial charge is 0.0277 e. The molecular formula is C13H27N3. The molecule has 0 aromatic heterocycles. The highest BCUT2D eigenvalue weighted by atomic mass is 15.3. The molecule has 1 saturated carbocycles. The van der Waals surface area contributed by atoms with Gasteiger partial charge in [0.05, 0.1) is 0 Å². The van der Waals surface area contributed by atoms with Crippen LogP contribution in [0.5, 0.6) is 0 Å². The monoisotopic (exact) mass is 225 g/mol. The van der Waals surface area contributed by atoms with Crippen molar-refractivity contribution in [2.75, 3.05) is 33.2 Å². The summed E-state index contributed by atoms with van der Waals surface area (Å²) in [5.41, 5.74) is 6.28. The van der Waals surface area contributed by atoms with Gasteiger partial charge in [0.25, 0.3) is 0 Å². The van der Waals surface area contributed by atoms with Crippen molar-refractivity contribution in [1.82, 2.24) is 9.80 Å². The summed E-state index contributed by atoms with van der Waals surface area (Å²) in [6.07, 6.45) is 4.21. The van der Waals surface area contributed by atoms with Crippen LogP contribution in [0.2, 0.25) is 0 Å². The molecule has 1 aliphatic heterocycles. The van der Waals surface area contributed by atoms with Crippen LogP contribution in [-0.4, -0.2) is 54.6 Å². The first-order valence-electron chi connectivity index (χ1n) is 6.70. The average molecular weight is 225 g/mol. The molecular weight excluding hydrogens is 198 g/mol. The van der Waals surface area contributed by atoms with Gasteiger partial charge in [0.2, 0.25) is 0 Å². The molecule has 3 heteroatoms. The maximum atomic E-state index is 5.98. The fraction of sp³-hybridized carbons (Fsp3) is 1.00. The second-order valence-corrected chi connectivity index (χ2v) is 6.20. The van der Waals surface area contributed by atoms with E-state index in [0.29, 0.717) is 11.6 Å². The average Bonchev–Trinajstić information content (AvgIpc) is 2.15. The Morgan fingerprint density at radius 2 is 2.00 bits per heavy atom. The van der Waals surface area contributed by atoms with Crippen LogP contribution >= 0.6 is 0 Å². The number of nitrogens with two attached hydrogens (primary N) is 1. The van der Waals surface area contributed by atoms with Gasteiger partial charge in [-0.2, -0.15) is 0 Å². The van der Waals surface area contributed by atoms with Gasteiger partial charge in [0.1, 0.15) is 0 Å². The zero-order valence-corrected chi connectivity index (χ0v) is 11.1. The molecule has 0 amide bonds. The van der Waals surface area contributed by atoms with E-state index in [0.717, 1.165) is 12.5 Å². The van der Waals surface area contributed by atoms with E-state index < -0.39 is 0 Å². The van der Waals surface area contributed by atoms with Crippen LogP contribution in [0.25, 0.3) is 0 Å². The molecule has 1 unspecified atom stereocenters. The zero-order chi connectivity index (χ0) is 11.8. The summed E-state index contributed by atoms with van der Waals surface area (Å²) in [4.78, 5) is 5.11. The molecule has 94 valence electrons. The van der Waals surface area contributed by atoms with Gasteiger partial charge in [-0.1, -0.05) is 6.42 Å². The molecule has 3 nitrogen and oxygen atoms in total. The minimum atomic E-state index is 0.301. The Morgan fingerprint density at radius 3 is 2.44 bits per heavy atom. The second-order valence-electron chi connectivity index (χ2n) is 6.20. The van der Waals surface area contributed by atoms with Gasteiger partial charge in [0, 0.05) is 37.8 Å². The lowest BCUT2D eigenvalue weighted by molar-refractivity contribution is -0.00737. The highest BCUT2D eigenvalue weighted by Crippen LogP contribution is 2.33. The van der Waals surface area contributed by atoms with Crippen LogP contribution in [0.4, 0.5) is 0 Å². The molecule has 0 radical (unpaired) electrons. The van der Waals surface area contributed by atoms with Gasteiger partial charge < -0.3 is 5.73 Å². The van der Waals surface area contributed by atoms with Crippen molar-refractivity contribution in [3.63, 3.8) is 0 Å². The molecule has 1 aliphatic carbocycles. The third-order valence-electron chi connectivity index (χ3n) is 4.75. The predicted molar refractivity (Wildman–Crippen MR) is 68.5 cm³/mol. The summed E-state index contributed by atoms with van der Waals surface area (Å²) in [5, 5.41) is 0. The van der Waals surface area contributed by atoms with Gasteiger partial charge in [-0.25, -0.2) is 0 Å². The molecule has 0 aromatic carbocycles. The quantitative estimate of drug-likeness (QED) is 0.782. The van der Waals surface area contributed by atoms with Crippen molar-refractivity contribution in [2.24, 2.45) is 11.7 Å².